The van der Waals surface area contributed by atoms with Gasteiger partial charge < -0.3 is 9.64 Å². The van der Waals surface area contributed by atoms with Crippen molar-refractivity contribution < 1.29 is 17.9 Å². The fourth-order valence-electron chi connectivity index (χ4n) is 3.75. The molecule has 1 fully saturated rings. The van der Waals surface area contributed by atoms with Crippen molar-refractivity contribution in [3.63, 3.8) is 0 Å². The molecule has 1 heterocycles. The minimum atomic E-state index is -3.74. The fraction of sp³-hybridized carbons (Fsp3) is 0.435. The van der Waals surface area contributed by atoms with Crippen LogP contribution in [0.15, 0.2) is 53.4 Å². The number of hydrogen-bond donors (Lipinski definition) is 0. The Bertz CT molecular complexity index is 952. The topological polar surface area (TPSA) is 66.9 Å². The molecule has 1 aliphatic rings. The van der Waals surface area contributed by atoms with Crippen molar-refractivity contribution in [3.05, 3.63) is 59.7 Å². The first kappa shape index (κ1) is 22.3. The largest absolute Gasteiger partial charge is 0.495 e. The molecule has 1 saturated heterocycles. The molecule has 7 heteroatoms. The second-order valence-electron chi connectivity index (χ2n) is 7.49. The monoisotopic (exact) mass is 430 g/mol. The van der Waals surface area contributed by atoms with Crippen molar-refractivity contribution in [1.82, 2.24) is 9.21 Å². The van der Waals surface area contributed by atoms with Crippen LogP contribution in [0, 0.1) is 0 Å². The number of nitrogens with zero attached hydrogens (tertiary/aromatic N) is 2. The Hall–Kier alpha value is -2.38. The van der Waals surface area contributed by atoms with Gasteiger partial charge in [0.2, 0.25) is 10.0 Å². The fourth-order valence-corrected chi connectivity index (χ4v) is 5.44. The SMILES string of the molecule is CCN(Cc1ccccc1)C(=O)c1ccc(OC)c(S(=O)(=O)N2CCCCCC2)c1. The number of carbonyl (C=O) groups excluding carboxylic acids is 1. The van der Waals surface area contributed by atoms with Crippen LogP contribution in [0.3, 0.4) is 0 Å². The number of hydrogen-bond acceptors (Lipinski definition) is 4. The average molecular weight is 431 g/mol. The van der Waals surface area contributed by atoms with Crippen LogP contribution in [0.5, 0.6) is 5.75 Å². The van der Waals surface area contributed by atoms with E-state index in [0.717, 1.165) is 31.2 Å². The van der Waals surface area contributed by atoms with E-state index in [1.165, 1.54) is 17.5 Å². The summed E-state index contributed by atoms with van der Waals surface area (Å²) in [6.07, 6.45) is 3.76. The molecule has 0 atom stereocenters. The van der Waals surface area contributed by atoms with Gasteiger partial charge in [0.1, 0.15) is 10.6 Å². The van der Waals surface area contributed by atoms with Crippen LogP contribution in [-0.4, -0.2) is 50.3 Å². The second kappa shape index (κ2) is 10.1. The third-order valence-electron chi connectivity index (χ3n) is 5.48. The normalized spacial score (nSPS) is 15.4. The Morgan fingerprint density at radius 3 is 2.30 bits per heavy atom. The van der Waals surface area contributed by atoms with Crippen molar-refractivity contribution >= 4 is 15.9 Å². The molecule has 0 unspecified atom stereocenters. The van der Waals surface area contributed by atoms with Gasteiger partial charge in [0.05, 0.1) is 7.11 Å². The zero-order valence-corrected chi connectivity index (χ0v) is 18.5. The molecule has 162 valence electrons. The Morgan fingerprint density at radius 1 is 1.03 bits per heavy atom. The summed E-state index contributed by atoms with van der Waals surface area (Å²) in [6.45, 7) is 3.90. The third kappa shape index (κ3) is 5.02. The lowest BCUT2D eigenvalue weighted by atomic mass is 10.1. The summed E-state index contributed by atoms with van der Waals surface area (Å²) < 4.78 is 33.6. The number of amides is 1. The Kier molecular flexibility index (Phi) is 7.50. The molecule has 1 amide bonds. The highest BCUT2D eigenvalue weighted by Crippen LogP contribution is 2.30. The van der Waals surface area contributed by atoms with Gasteiger partial charge in [0.15, 0.2) is 0 Å². The maximum Gasteiger partial charge on any atom is 0.254 e. The lowest BCUT2D eigenvalue weighted by molar-refractivity contribution is 0.0752. The molecule has 2 aromatic rings. The molecular formula is C23H30N2O4S. The first-order valence-corrected chi connectivity index (χ1v) is 11.9. The predicted octanol–water partition coefficient (Wildman–Crippen LogP) is 3.92. The van der Waals surface area contributed by atoms with E-state index in [1.54, 1.807) is 17.0 Å². The van der Waals surface area contributed by atoms with Crippen LogP contribution in [0.1, 0.15) is 48.5 Å². The number of sulfonamides is 1. The van der Waals surface area contributed by atoms with E-state index in [2.05, 4.69) is 0 Å². The van der Waals surface area contributed by atoms with E-state index in [1.807, 2.05) is 37.3 Å². The molecule has 0 aliphatic carbocycles. The summed E-state index contributed by atoms with van der Waals surface area (Å²) in [5.41, 5.74) is 1.38. The van der Waals surface area contributed by atoms with Crippen LogP contribution in [0.2, 0.25) is 0 Å². The molecule has 30 heavy (non-hydrogen) atoms. The molecule has 0 N–H and O–H groups in total. The van der Waals surface area contributed by atoms with Crippen molar-refractivity contribution in [2.75, 3.05) is 26.7 Å². The van der Waals surface area contributed by atoms with Gasteiger partial charge in [-0.15, -0.1) is 0 Å². The standard InChI is InChI=1S/C23H30N2O4S/c1-3-24(18-19-11-7-6-8-12-19)23(26)20-13-14-21(29-2)22(17-20)30(27,28)25-15-9-4-5-10-16-25/h6-8,11-14,17H,3-5,9-10,15-16,18H2,1-2H3. The third-order valence-corrected chi connectivity index (χ3v) is 7.40. The summed E-state index contributed by atoms with van der Waals surface area (Å²) in [4.78, 5) is 14.9. The second-order valence-corrected chi connectivity index (χ2v) is 9.40. The number of rotatable bonds is 7. The van der Waals surface area contributed by atoms with Gasteiger partial charge >= 0.3 is 0 Å². The lowest BCUT2D eigenvalue weighted by Gasteiger charge is -2.24. The molecule has 0 saturated carbocycles. The van der Waals surface area contributed by atoms with Crippen molar-refractivity contribution in [1.29, 1.82) is 0 Å². The molecule has 3 rings (SSSR count). The van der Waals surface area contributed by atoms with Crippen LogP contribution < -0.4 is 4.74 Å². The molecule has 2 aromatic carbocycles. The van der Waals surface area contributed by atoms with Gasteiger partial charge in [0.25, 0.3) is 5.91 Å². The van der Waals surface area contributed by atoms with Crippen LogP contribution in [0.4, 0.5) is 0 Å². The zero-order chi connectivity index (χ0) is 21.6. The van der Waals surface area contributed by atoms with E-state index in [0.29, 0.717) is 31.7 Å². The summed E-state index contributed by atoms with van der Waals surface area (Å²) in [5, 5.41) is 0. The molecule has 6 nitrogen and oxygen atoms in total. The van der Waals surface area contributed by atoms with Crippen LogP contribution in [-0.2, 0) is 16.6 Å². The number of benzene rings is 2. The minimum Gasteiger partial charge on any atom is -0.495 e. The summed E-state index contributed by atoms with van der Waals surface area (Å²) in [6, 6.07) is 14.4. The molecule has 0 spiro atoms. The molecule has 0 radical (unpaired) electrons. The highest BCUT2D eigenvalue weighted by Gasteiger charge is 2.29. The van der Waals surface area contributed by atoms with Gasteiger partial charge in [-0.25, -0.2) is 8.42 Å². The highest BCUT2D eigenvalue weighted by atomic mass is 32.2. The zero-order valence-electron chi connectivity index (χ0n) is 17.7. The summed E-state index contributed by atoms with van der Waals surface area (Å²) in [7, 11) is -2.29. The van der Waals surface area contributed by atoms with E-state index in [9.17, 15) is 13.2 Å². The number of carbonyl (C=O) groups is 1. The average Bonchev–Trinajstić information content (AvgIpc) is 3.07. The van der Waals surface area contributed by atoms with E-state index < -0.39 is 10.0 Å². The first-order valence-electron chi connectivity index (χ1n) is 10.5. The predicted molar refractivity (Wildman–Crippen MR) is 117 cm³/mol. The van der Waals surface area contributed by atoms with Crippen molar-refractivity contribution in [3.8, 4) is 5.75 Å². The minimum absolute atomic E-state index is 0.0634. The summed E-state index contributed by atoms with van der Waals surface area (Å²) >= 11 is 0. The van der Waals surface area contributed by atoms with Gasteiger partial charge in [-0.1, -0.05) is 43.2 Å². The lowest BCUT2D eigenvalue weighted by Crippen LogP contribution is -2.33. The number of methoxy groups -OCH3 is 1. The van der Waals surface area contributed by atoms with Gasteiger partial charge in [0, 0.05) is 31.7 Å². The Balaban J connectivity index is 1.92. The quantitative estimate of drug-likeness (QED) is 0.668. The van der Waals surface area contributed by atoms with E-state index in [4.69, 9.17) is 4.74 Å². The van der Waals surface area contributed by atoms with Crippen LogP contribution >= 0.6 is 0 Å². The van der Waals surface area contributed by atoms with Crippen LogP contribution in [0.25, 0.3) is 0 Å². The van der Waals surface area contributed by atoms with E-state index >= 15 is 0 Å². The maximum absolute atomic E-state index is 13.3. The van der Waals surface area contributed by atoms with E-state index in [-0.39, 0.29) is 16.6 Å². The highest BCUT2D eigenvalue weighted by molar-refractivity contribution is 7.89. The molecular weight excluding hydrogens is 400 g/mol. The molecule has 0 bridgehead atoms. The van der Waals surface area contributed by atoms with Crippen molar-refractivity contribution in [2.45, 2.75) is 44.0 Å². The molecule has 0 aromatic heterocycles. The molecule has 1 aliphatic heterocycles. The van der Waals surface area contributed by atoms with Crippen molar-refractivity contribution in [2.24, 2.45) is 0 Å². The Labute approximate surface area is 179 Å². The number of ether oxygens (including phenoxy) is 1. The maximum atomic E-state index is 13.3. The van der Waals surface area contributed by atoms with Gasteiger partial charge in [-0.05, 0) is 43.5 Å². The smallest absolute Gasteiger partial charge is 0.254 e. The Morgan fingerprint density at radius 2 is 1.70 bits per heavy atom. The van der Waals surface area contributed by atoms with Gasteiger partial charge in [-0.2, -0.15) is 4.31 Å². The summed E-state index contributed by atoms with van der Waals surface area (Å²) in [5.74, 6) is 0.0678. The van der Waals surface area contributed by atoms with Gasteiger partial charge in [-0.3, -0.25) is 4.79 Å². The first-order chi connectivity index (χ1) is 14.5.